The number of alkyl halides is 1. The molecule has 1 atom stereocenters. The first kappa shape index (κ1) is 15.7. The fraction of sp³-hybridized carbons (Fsp3) is 0.462. The maximum Gasteiger partial charge on any atom is 0.254 e. The van der Waals surface area contributed by atoms with Crippen molar-refractivity contribution < 1.29 is 9.53 Å². The van der Waals surface area contributed by atoms with Crippen LogP contribution in [0.1, 0.15) is 15.9 Å². The summed E-state index contributed by atoms with van der Waals surface area (Å²) in [6.07, 6.45) is 0. The summed E-state index contributed by atoms with van der Waals surface area (Å²) in [6, 6.07) is 5.73. The molecule has 3 nitrogen and oxygen atoms in total. The number of carbonyl (C=O) groups is 1. The van der Waals surface area contributed by atoms with Crippen LogP contribution >= 0.6 is 34.2 Å². The van der Waals surface area contributed by atoms with Gasteiger partial charge >= 0.3 is 0 Å². The number of hydrogen-bond donors (Lipinski definition) is 0. The summed E-state index contributed by atoms with van der Waals surface area (Å²) in [5.41, 5.74) is 1.83. The van der Waals surface area contributed by atoms with E-state index in [0.717, 1.165) is 14.7 Å². The van der Waals surface area contributed by atoms with E-state index < -0.39 is 0 Å². The fourth-order valence-electron chi connectivity index (χ4n) is 1.63. The summed E-state index contributed by atoms with van der Waals surface area (Å²) in [4.78, 5) is 13.9. The average Bonchev–Trinajstić information content (AvgIpc) is 2.32. The second-order valence-corrected chi connectivity index (χ2v) is 5.87. The van der Waals surface area contributed by atoms with Crippen LogP contribution in [0.15, 0.2) is 18.2 Å². The van der Waals surface area contributed by atoms with Crippen molar-refractivity contribution >= 4 is 40.1 Å². The third-order valence-corrected chi connectivity index (χ3v) is 4.28. The molecular formula is C13H17ClINO2. The largest absolute Gasteiger partial charge is 0.383 e. The van der Waals surface area contributed by atoms with E-state index >= 15 is 0 Å². The standard InChI is InChI=1S/C13H17ClINO2/c1-9-5-4-6-11(12(9)15)13(17)16(2)7-10(14)8-18-3/h4-6,10H,7-8H2,1-3H3. The van der Waals surface area contributed by atoms with Gasteiger partial charge in [0.1, 0.15) is 0 Å². The summed E-state index contributed by atoms with van der Waals surface area (Å²) in [5, 5.41) is -0.188. The van der Waals surface area contributed by atoms with Gasteiger partial charge in [0.15, 0.2) is 0 Å². The molecule has 1 rings (SSSR count). The van der Waals surface area contributed by atoms with E-state index in [1.165, 1.54) is 0 Å². The highest BCUT2D eigenvalue weighted by Gasteiger charge is 2.18. The minimum atomic E-state index is -0.188. The monoisotopic (exact) mass is 381 g/mol. The van der Waals surface area contributed by atoms with Crippen molar-refractivity contribution in [2.75, 3.05) is 27.3 Å². The van der Waals surface area contributed by atoms with Crippen LogP contribution in [0.3, 0.4) is 0 Å². The molecule has 0 spiro atoms. The number of nitrogens with zero attached hydrogens (tertiary/aromatic N) is 1. The number of methoxy groups -OCH3 is 1. The SMILES string of the molecule is COCC(Cl)CN(C)C(=O)c1cccc(C)c1I. The van der Waals surface area contributed by atoms with E-state index in [-0.39, 0.29) is 11.3 Å². The van der Waals surface area contributed by atoms with Crippen LogP contribution in [-0.4, -0.2) is 43.5 Å². The second-order valence-electron chi connectivity index (χ2n) is 4.17. The quantitative estimate of drug-likeness (QED) is 0.580. The molecule has 0 aliphatic rings. The first-order valence-corrected chi connectivity index (χ1v) is 7.12. The van der Waals surface area contributed by atoms with Gasteiger partial charge in [0.2, 0.25) is 0 Å². The zero-order valence-corrected chi connectivity index (χ0v) is 13.7. The van der Waals surface area contributed by atoms with Crippen LogP contribution in [0.25, 0.3) is 0 Å². The number of ether oxygens (including phenoxy) is 1. The Kier molecular flexibility index (Phi) is 6.38. The third kappa shape index (κ3) is 4.10. The van der Waals surface area contributed by atoms with E-state index in [4.69, 9.17) is 16.3 Å². The molecule has 0 bridgehead atoms. The van der Waals surface area contributed by atoms with E-state index in [1.54, 1.807) is 19.1 Å². The average molecular weight is 382 g/mol. The molecule has 0 aliphatic heterocycles. The van der Waals surface area contributed by atoms with E-state index in [9.17, 15) is 4.79 Å². The molecule has 0 fully saturated rings. The van der Waals surface area contributed by atoms with Gasteiger partial charge in [0.25, 0.3) is 5.91 Å². The molecule has 0 aliphatic carbocycles. The van der Waals surface area contributed by atoms with E-state index in [1.807, 2.05) is 25.1 Å². The number of hydrogen-bond acceptors (Lipinski definition) is 2. The Morgan fingerprint density at radius 3 is 2.83 bits per heavy atom. The van der Waals surface area contributed by atoms with Crippen molar-refractivity contribution in [2.45, 2.75) is 12.3 Å². The van der Waals surface area contributed by atoms with Crippen molar-refractivity contribution in [1.82, 2.24) is 4.90 Å². The number of rotatable bonds is 5. The first-order valence-electron chi connectivity index (χ1n) is 5.61. The molecule has 0 aromatic heterocycles. The van der Waals surface area contributed by atoms with Crippen LogP contribution in [-0.2, 0) is 4.74 Å². The molecule has 100 valence electrons. The number of carbonyl (C=O) groups excluding carboxylic acids is 1. The molecular weight excluding hydrogens is 365 g/mol. The lowest BCUT2D eigenvalue weighted by Gasteiger charge is -2.21. The molecule has 1 amide bonds. The van der Waals surface area contributed by atoms with Gasteiger partial charge in [-0.1, -0.05) is 12.1 Å². The minimum Gasteiger partial charge on any atom is -0.383 e. The van der Waals surface area contributed by atoms with Crippen molar-refractivity contribution in [3.05, 3.63) is 32.9 Å². The fourth-order valence-corrected chi connectivity index (χ4v) is 2.56. The number of amides is 1. The number of aryl methyl sites for hydroxylation is 1. The molecule has 18 heavy (non-hydrogen) atoms. The third-order valence-electron chi connectivity index (χ3n) is 2.59. The lowest BCUT2D eigenvalue weighted by molar-refractivity contribution is 0.0780. The van der Waals surface area contributed by atoms with Gasteiger partial charge in [0.05, 0.1) is 17.5 Å². The second kappa shape index (κ2) is 7.31. The van der Waals surface area contributed by atoms with Gasteiger partial charge in [-0.3, -0.25) is 4.79 Å². The summed E-state index contributed by atoms with van der Waals surface area (Å²) in [5.74, 6) is -0.00940. The normalized spacial score (nSPS) is 12.3. The smallest absolute Gasteiger partial charge is 0.254 e. The predicted octanol–water partition coefficient (Wildman–Crippen LogP) is 2.93. The first-order chi connectivity index (χ1) is 8.47. The highest BCUT2D eigenvalue weighted by molar-refractivity contribution is 14.1. The molecule has 0 heterocycles. The Hall–Kier alpha value is -0.330. The Bertz CT molecular complexity index is 425. The van der Waals surface area contributed by atoms with Gasteiger partial charge in [-0.05, 0) is 41.1 Å². The van der Waals surface area contributed by atoms with Gasteiger partial charge in [-0.25, -0.2) is 0 Å². The number of benzene rings is 1. The minimum absolute atomic E-state index is 0.00940. The van der Waals surface area contributed by atoms with Gasteiger partial charge in [-0.15, -0.1) is 11.6 Å². The molecule has 1 unspecified atom stereocenters. The van der Waals surface area contributed by atoms with Gasteiger partial charge in [0, 0.05) is 24.3 Å². The van der Waals surface area contributed by atoms with Crippen LogP contribution in [0, 0.1) is 10.5 Å². The lowest BCUT2D eigenvalue weighted by atomic mass is 10.1. The van der Waals surface area contributed by atoms with Gasteiger partial charge in [-0.2, -0.15) is 0 Å². The Labute approximate surface area is 127 Å². The van der Waals surface area contributed by atoms with Crippen molar-refractivity contribution in [1.29, 1.82) is 0 Å². The maximum absolute atomic E-state index is 12.3. The van der Waals surface area contributed by atoms with Crippen LogP contribution in [0.5, 0.6) is 0 Å². The Morgan fingerprint density at radius 1 is 1.56 bits per heavy atom. The van der Waals surface area contributed by atoms with Crippen LogP contribution < -0.4 is 0 Å². The summed E-state index contributed by atoms with van der Waals surface area (Å²) >= 11 is 8.26. The molecule has 5 heteroatoms. The van der Waals surface area contributed by atoms with Crippen molar-refractivity contribution in [3.8, 4) is 0 Å². The van der Waals surface area contributed by atoms with E-state index in [0.29, 0.717) is 13.2 Å². The maximum atomic E-state index is 12.3. The zero-order chi connectivity index (χ0) is 13.7. The topological polar surface area (TPSA) is 29.5 Å². The van der Waals surface area contributed by atoms with Crippen molar-refractivity contribution in [2.24, 2.45) is 0 Å². The lowest BCUT2D eigenvalue weighted by Crippen LogP contribution is -2.34. The molecule has 0 saturated carbocycles. The van der Waals surface area contributed by atoms with Gasteiger partial charge < -0.3 is 9.64 Å². The predicted molar refractivity (Wildman–Crippen MR) is 82.4 cm³/mol. The summed E-state index contributed by atoms with van der Waals surface area (Å²) in [7, 11) is 3.35. The van der Waals surface area contributed by atoms with E-state index in [2.05, 4.69) is 22.6 Å². The van der Waals surface area contributed by atoms with Crippen molar-refractivity contribution in [3.63, 3.8) is 0 Å². The molecule has 1 aromatic carbocycles. The molecule has 0 saturated heterocycles. The van der Waals surface area contributed by atoms with Crippen LogP contribution in [0.4, 0.5) is 0 Å². The summed E-state index contributed by atoms with van der Waals surface area (Å²) in [6.45, 7) is 2.90. The Morgan fingerprint density at radius 2 is 2.22 bits per heavy atom. The number of halogens is 2. The molecule has 0 radical (unpaired) electrons. The van der Waals surface area contributed by atoms with Crippen LogP contribution in [0.2, 0.25) is 0 Å². The molecule has 0 N–H and O–H groups in total. The highest BCUT2D eigenvalue weighted by Crippen LogP contribution is 2.18. The highest BCUT2D eigenvalue weighted by atomic mass is 127. The molecule has 1 aromatic rings. The summed E-state index contributed by atoms with van der Waals surface area (Å²) < 4.78 is 5.95. The Balaban J connectivity index is 2.77. The zero-order valence-electron chi connectivity index (χ0n) is 10.7.